The van der Waals surface area contributed by atoms with Gasteiger partial charge in [0.15, 0.2) is 0 Å². The summed E-state index contributed by atoms with van der Waals surface area (Å²) in [5, 5.41) is 17.4. The molecule has 0 aliphatic carbocycles. The van der Waals surface area contributed by atoms with Crippen LogP contribution in [-0.4, -0.2) is 11.4 Å². The SMILES string of the molecule is CC1(C)Cc2c(sc(NC(=O)c3ccc(Cl)cc3)c2C#N)C(C)(C)N1. The van der Waals surface area contributed by atoms with Crippen molar-refractivity contribution in [1.29, 1.82) is 5.26 Å². The van der Waals surface area contributed by atoms with Gasteiger partial charge >= 0.3 is 0 Å². The Hall–Kier alpha value is -1.87. The normalized spacial score (nSPS) is 17.4. The third kappa shape index (κ3) is 3.43. The van der Waals surface area contributed by atoms with Crippen molar-refractivity contribution in [3.63, 3.8) is 0 Å². The van der Waals surface area contributed by atoms with Crippen LogP contribution in [0.4, 0.5) is 5.00 Å². The minimum Gasteiger partial charge on any atom is -0.312 e. The van der Waals surface area contributed by atoms with E-state index in [1.807, 2.05) is 0 Å². The van der Waals surface area contributed by atoms with Crippen molar-refractivity contribution in [2.45, 2.75) is 45.2 Å². The number of thiophene rings is 1. The molecular weight excluding hydrogens is 354 g/mol. The predicted octanol–water partition coefficient (Wildman–Crippen LogP) is 4.68. The minimum atomic E-state index is -0.253. The fourth-order valence-electron chi connectivity index (χ4n) is 3.51. The molecule has 6 heteroatoms. The zero-order valence-corrected chi connectivity index (χ0v) is 16.2. The molecule has 3 rings (SSSR count). The van der Waals surface area contributed by atoms with Crippen LogP contribution in [0.2, 0.25) is 5.02 Å². The van der Waals surface area contributed by atoms with Gasteiger partial charge in [-0.1, -0.05) is 11.6 Å². The highest BCUT2D eigenvalue weighted by Crippen LogP contribution is 2.44. The molecule has 0 bridgehead atoms. The topological polar surface area (TPSA) is 64.9 Å². The summed E-state index contributed by atoms with van der Waals surface area (Å²) >= 11 is 7.35. The van der Waals surface area contributed by atoms with E-state index in [2.05, 4.69) is 44.4 Å². The highest BCUT2D eigenvalue weighted by molar-refractivity contribution is 7.17. The fraction of sp³-hybridized carbons (Fsp3) is 0.368. The van der Waals surface area contributed by atoms with Crippen molar-refractivity contribution in [1.82, 2.24) is 5.32 Å². The molecular formula is C19H20ClN3OS. The average molecular weight is 374 g/mol. The average Bonchev–Trinajstić information content (AvgIpc) is 2.83. The summed E-state index contributed by atoms with van der Waals surface area (Å²) in [6.45, 7) is 8.47. The van der Waals surface area contributed by atoms with E-state index >= 15 is 0 Å². The summed E-state index contributed by atoms with van der Waals surface area (Å²) in [6.07, 6.45) is 0.752. The van der Waals surface area contributed by atoms with E-state index < -0.39 is 0 Å². The van der Waals surface area contributed by atoms with Crippen LogP contribution in [0.1, 0.15) is 54.1 Å². The van der Waals surface area contributed by atoms with Gasteiger partial charge in [-0.15, -0.1) is 11.3 Å². The number of rotatable bonds is 2. The molecule has 1 aliphatic rings. The summed E-state index contributed by atoms with van der Waals surface area (Å²) in [5.74, 6) is -0.239. The molecule has 0 saturated carbocycles. The number of nitrogens with zero attached hydrogens (tertiary/aromatic N) is 1. The number of carbonyl (C=O) groups excluding carboxylic acids is 1. The Morgan fingerprint density at radius 2 is 1.92 bits per heavy atom. The molecule has 0 unspecified atom stereocenters. The summed E-state index contributed by atoms with van der Waals surface area (Å²) in [5.41, 5.74) is 1.76. The molecule has 130 valence electrons. The highest BCUT2D eigenvalue weighted by Gasteiger charge is 2.40. The number of halogens is 1. The number of nitrogens with one attached hydrogen (secondary N) is 2. The maximum absolute atomic E-state index is 12.5. The molecule has 0 spiro atoms. The van der Waals surface area contributed by atoms with Gasteiger partial charge in [0.25, 0.3) is 5.91 Å². The lowest BCUT2D eigenvalue weighted by atomic mass is 9.81. The maximum atomic E-state index is 12.5. The smallest absolute Gasteiger partial charge is 0.256 e. The zero-order valence-electron chi connectivity index (χ0n) is 14.7. The second-order valence-corrected chi connectivity index (χ2v) is 8.95. The van der Waals surface area contributed by atoms with Gasteiger partial charge in [-0.05, 0) is 63.9 Å². The van der Waals surface area contributed by atoms with Gasteiger partial charge in [0, 0.05) is 26.5 Å². The van der Waals surface area contributed by atoms with Crippen LogP contribution < -0.4 is 10.6 Å². The molecule has 25 heavy (non-hydrogen) atoms. The molecule has 1 amide bonds. The fourth-order valence-corrected chi connectivity index (χ4v) is 4.86. The molecule has 0 saturated heterocycles. The first-order valence-electron chi connectivity index (χ1n) is 8.05. The van der Waals surface area contributed by atoms with Gasteiger partial charge in [-0.3, -0.25) is 4.79 Å². The Labute approximate surface area is 156 Å². The zero-order chi connectivity index (χ0) is 18.4. The molecule has 2 N–H and O–H groups in total. The van der Waals surface area contributed by atoms with Crippen LogP contribution in [0.25, 0.3) is 0 Å². The van der Waals surface area contributed by atoms with E-state index in [9.17, 15) is 10.1 Å². The lowest BCUT2D eigenvalue weighted by Gasteiger charge is -2.42. The van der Waals surface area contributed by atoms with Crippen molar-refractivity contribution in [2.24, 2.45) is 0 Å². The van der Waals surface area contributed by atoms with E-state index in [-0.39, 0.29) is 17.0 Å². The van der Waals surface area contributed by atoms with Gasteiger partial charge in [-0.25, -0.2) is 0 Å². The lowest BCUT2D eigenvalue weighted by Crippen LogP contribution is -2.54. The van der Waals surface area contributed by atoms with E-state index in [1.54, 1.807) is 24.3 Å². The van der Waals surface area contributed by atoms with E-state index in [1.165, 1.54) is 11.3 Å². The van der Waals surface area contributed by atoms with Crippen molar-refractivity contribution < 1.29 is 4.79 Å². The number of nitriles is 1. The van der Waals surface area contributed by atoms with E-state index in [0.717, 1.165) is 16.9 Å². The van der Waals surface area contributed by atoms with Gasteiger partial charge < -0.3 is 10.6 Å². The Bertz CT molecular complexity index is 875. The molecule has 2 heterocycles. The quantitative estimate of drug-likeness (QED) is 0.802. The summed E-state index contributed by atoms with van der Waals surface area (Å²) in [7, 11) is 0. The number of hydrogen-bond donors (Lipinski definition) is 2. The van der Waals surface area contributed by atoms with Crippen LogP contribution in [0.5, 0.6) is 0 Å². The predicted molar refractivity (Wildman–Crippen MR) is 102 cm³/mol. The van der Waals surface area contributed by atoms with Crippen molar-refractivity contribution >= 4 is 33.8 Å². The number of anilines is 1. The first-order chi connectivity index (χ1) is 11.6. The van der Waals surface area contributed by atoms with E-state index in [0.29, 0.717) is 21.2 Å². The minimum absolute atomic E-state index is 0.110. The summed E-state index contributed by atoms with van der Waals surface area (Å²) < 4.78 is 0. The largest absolute Gasteiger partial charge is 0.312 e. The van der Waals surface area contributed by atoms with Crippen LogP contribution in [0.15, 0.2) is 24.3 Å². The Kier molecular flexibility index (Phi) is 4.40. The van der Waals surface area contributed by atoms with Crippen LogP contribution in [-0.2, 0) is 12.0 Å². The molecule has 0 fully saturated rings. The number of hydrogen-bond acceptors (Lipinski definition) is 4. The van der Waals surface area contributed by atoms with Gasteiger partial charge in [0.2, 0.25) is 0 Å². The lowest BCUT2D eigenvalue weighted by molar-refractivity contribution is 0.102. The maximum Gasteiger partial charge on any atom is 0.256 e. The Morgan fingerprint density at radius 1 is 1.28 bits per heavy atom. The molecule has 1 aliphatic heterocycles. The molecule has 1 aromatic heterocycles. The van der Waals surface area contributed by atoms with E-state index in [4.69, 9.17) is 11.6 Å². The van der Waals surface area contributed by atoms with Crippen molar-refractivity contribution in [3.05, 3.63) is 50.9 Å². The number of benzene rings is 1. The molecule has 0 atom stereocenters. The third-order valence-electron chi connectivity index (χ3n) is 4.29. The van der Waals surface area contributed by atoms with Crippen LogP contribution in [0, 0.1) is 11.3 Å². The standard InChI is InChI=1S/C19H20ClN3OS/c1-18(2)9-13-14(10-21)17(25-15(13)19(3,4)23-18)22-16(24)11-5-7-12(20)8-6-11/h5-8,23H,9H2,1-4H3,(H,22,24). The van der Waals surface area contributed by atoms with Crippen molar-refractivity contribution in [2.75, 3.05) is 5.32 Å². The summed E-state index contributed by atoms with van der Waals surface area (Å²) in [4.78, 5) is 13.6. The van der Waals surface area contributed by atoms with Gasteiger partial charge in [-0.2, -0.15) is 5.26 Å². The highest BCUT2D eigenvalue weighted by atomic mass is 35.5. The molecule has 2 aromatic rings. The van der Waals surface area contributed by atoms with Crippen LogP contribution >= 0.6 is 22.9 Å². The van der Waals surface area contributed by atoms with Gasteiger partial charge in [0.1, 0.15) is 11.1 Å². The first kappa shape index (κ1) is 17.9. The first-order valence-corrected chi connectivity index (χ1v) is 9.25. The molecule has 0 radical (unpaired) electrons. The Morgan fingerprint density at radius 3 is 2.52 bits per heavy atom. The Balaban J connectivity index is 1.99. The number of amides is 1. The molecule has 1 aromatic carbocycles. The van der Waals surface area contributed by atoms with Crippen LogP contribution in [0.3, 0.4) is 0 Å². The second kappa shape index (κ2) is 6.14. The van der Waals surface area contributed by atoms with Crippen molar-refractivity contribution in [3.8, 4) is 6.07 Å². The number of fused-ring (bicyclic) bond motifs is 1. The monoisotopic (exact) mass is 373 g/mol. The third-order valence-corrected chi connectivity index (χ3v) is 6.01. The molecule has 4 nitrogen and oxygen atoms in total. The second-order valence-electron chi connectivity index (χ2n) is 7.50. The van der Waals surface area contributed by atoms with Gasteiger partial charge in [0.05, 0.1) is 5.56 Å². The summed E-state index contributed by atoms with van der Waals surface area (Å²) in [6, 6.07) is 8.99. The number of carbonyl (C=O) groups is 1.